The summed E-state index contributed by atoms with van der Waals surface area (Å²) in [6.07, 6.45) is 0. The highest BCUT2D eigenvalue weighted by molar-refractivity contribution is 6.36. The number of benzene rings is 1. The Kier molecular flexibility index (Phi) is 4.85. The van der Waals surface area contributed by atoms with Gasteiger partial charge < -0.3 is 14.8 Å². The van der Waals surface area contributed by atoms with Gasteiger partial charge in [-0.05, 0) is 45.0 Å². The smallest absolute Gasteiger partial charge is 0.252 e. The molecule has 2 rings (SSSR count). The molecule has 4 nitrogen and oxygen atoms in total. The fourth-order valence-electron chi connectivity index (χ4n) is 2.28. The zero-order valence-corrected chi connectivity index (χ0v) is 14.0. The number of hydrogen-bond acceptors (Lipinski definition) is 3. The number of rotatable bonds is 4. The Balaban J connectivity index is 2.11. The second kappa shape index (κ2) is 6.32. The van der Waals surface area contributed by atoms with Crippen molar-refractivity contribution in [2.75, 3.05) is 6.54 Å². The van der Waals surface area contributed by atoms with E-state index in [1.165, 1.54) is 6.07 Å². The second-order valence-electron chi connectivity index (χ2n) is 5.41. The average molecular weight is 342 g/mol. The number of carbonyl (C=O) groups excluding carboxylic acids is 1. The molecule has 1 aromatic carbocycles. The fraction of sp³-hybridized carbons (Fsp3) is 0.312. The maximum Gasteiger partial charge on any atom is 0.252 e. The molecule has 0 aliphatic carbocycles. The summed E-state index contributed by atoms with van der Waals surface area (Å²) in [5, 5.41) is 14.0. The Morgan fingerprint density at radius 3 is 2.55 bits per heavy atom. The van der Waals surface area contributed by atoms with Gasteiger partial charge in [0.25, 0.3) is 5.91 Å². The first-order chi connectivity index (χ1) is 10.2. The van der Waals surface area contributed by atoms with Crippen molar-refractivity contribution in [3.8, 4) is 0 Å². The van der Waals surface area contributed by atoms with Gasteiger partial charge in [0.1, 0.15) is 17.1 Å². The molecule has 2 N–H and O–H groups in total. The maximum absolute atomic E-state index is 12.2. The number of aryl methyl sites for hydroxylation is 2. The summed E-state index contributed by atoms with van der Waals surface area (Å²) in [6, 6.07) is 6.39. The van der Waals surface area contributed by atoms with Crippen molar-refractivity contribution in [1.29, 1.82) is 0 Å². The first kappa shape index (κ1) is 16.9. The highest BCUT2D eigenvalue weighted by atomic mass is 35.5. The third-order valence-corrected chi connectivity index (χ3v) is 3.94. The molecular weight excluding hydrogens is 325 g/mol. The first-order valence-corrected chi connectivity index (χ1v) is 7.49. The molecule has 0 radical (unpaired) electrons. The third-order valence-electron chi connectivity index (χ3n) is 3.39. The van der Waals surface area contributed by atoms with E-state index in [-0.39, 0.29) is 17.5 Å². The number of carbonyl (C=O) groups is 1. The fourth-order valence-corrected chi connectivity index (χ4v) is 2.78. The minimum absolute atomic E-state index is 0.0323. The van der Waals surface area contributed by atoms with Crippen LogP contribution in [0.3, 0.4) is 0 Å². The molecule has 1 unspecified atom stereocenters. The molecule has 0 fully saturated rings. The van der Waals surface area contributed by atoms with Crippen molar-refractivity contribution in [2.24, 2.45) is 0 Å². The number of halogens is 2. The highest BCUT2D eigenvalue weighted by Gasteiger charge is 2.28. The standard InChI is InChI=1S/C16H17Cl2NO3/c1-9-6-13(10(2)22-9)16(3,21)8-19-15(20)12-5-4-11(17)7-14(12)18/h4-7,21H,8H2,1-3H3,(H,19,20). The molecule has 1 heterocycles. The van der Waals surface area contributed by atoms with E-state index in [9.17, 15) is 9.90 Å². The number of furan rings is 1. The van der Waals surface area contributed by atoms with Crippen molar-refractivity contribution in [2.45, 2.75) is 26.4 Å². The molecule has 0 saturated carbocycles. The van der Waals surface area contributed by atoms with Crippen LogP contribution in [-0.2, 0) is 5.60 Å². The van der Waals surface area contributed by atoms with E-state index < -0.39 is 5.60 Å². The van der Waals surface area contributed by atoms with Crippen LogP contribution in [0.4, 0.5) is 0 Å². The second-order valence-corrected chi connectivity index (χ2v) is 6.25. The van der Waals surface area contributed by atoms with Crippen LogP contribution in [0.25, 0.3) is 0 Å². The molecule has 0 aliphatic rings. The lowest BCUT2D eigenvalue weighted by atomic mass is 9.96. The molecule has 0 spiro atoms. The number of nitrogens with one attached hydrogen (secondary N) is 1. The molecule has 6 heteroatoms. The van der Waals surface area contributed by atoms with Gasteiger partial charge >= 0.3 is 0 Å². The van der Waals surface area contributed by atoms with Gasteiger partial charge in [-0.2, -0.15) is 0 Å². The van der Waals surface area contributed by atoms with Crippen molar-refractivity contribution >= 4 is 29.1 Å². The molecular formula is C16H17Cl2NO3. The Morgan fingerprint density at radius 2 is 2.00 bits per heavy atom. The van der Waals surface area contributed by atoms with Gasteiger partial charge in [-0.3, -0.25) is 4.79 Å². The molecule has 1 amide bonds. The molecule has 0 bridgehead atoms. The van der Waals surface area contributed by atoms with E-state index >= 15 is 0 Å². The van der Waals surface area contributed by atoms with Crippen molar-refractivity contribution in [1.82, 2.24) is 5.32 Å². The van der Waals surface area contributed by atoms with E-state index in [1.807, 2.05) is 0 Å². The average Bonchev–Trinajstić information content (AvgIpc) is 2.76. The van der Waals surface area contributed by atoms with Crippen LogP contribution in [0, 0.1) is 13.8 Å². The van der Waals surface area contributed by atoms with Gasteiger partial charge in [-0.1, -0.05) is 23.2 Å². The molecule has 0 saturated heterocycles. The van der Waals surface area contributed by atoms with E-state index in [0.29, 0.717) is 27.7 Å². The van der Waals surface area contributed by atoms with Crippen LogP contribution in [-0.4, -0.2) is 17.6 Å². The monoisotopic (exact) mass is 341 g/mol. The number of hydrogen-bond donors (Lipinski definition) is 2. The summed E-state index contributed by atoms with van der Waals surface area (Å²) in [6.45, 7) is 5.23. The Bertz CT molecular complexity index is 707. The van der Waals surface area contributed by atoms with Crippen molar-refractivity contribution < 1.29 is 14.3 Å². The van der Waals surface area contributed by atoms with Crippen LogP contribution in [0.2, 0.25) is 10.0 Å². The predicted molar refractivity (Wildman–Crippen MR) is 86.5 cm³/mol. The summed E-state index contributed by atoms with van der Waals surface area (Å²) >= 11 is 11.8. The normalized spacial score (nSPS) is 13.7. The number of amides is 1. The lowest BCUT2D eigenvalue weighted by molar-refractivity contribution is 0.0514. The van der Waals surface area contributed by atoms with Gasteiger partial charge in [0.2, 0.25) is 0 Å². The minimum atomic E-state index is -1.24. The Labute approximate surface area is 139 Å². The Hall–Kier alpha value is -1.49. The van der Waals surface area contributed by atoms with Crippen LogP contribution >= 0.6 is 23.2 Å². The molecule has 1 aromatic heterocycles. The first-order valence-electron chi connectivity index (χ1n) is 6.74. The predicted octanol–water partition coefficient (Wildman–Crippen LogP) is 3.84. The summed E-state index contributed by atoms with van der Waals surface area (Å²) in [5.74, 6) is 0.959. The summed E-state index contributed by atoms with van der Waals surface area (Å²) in [4.78, 5) is 12.2. The quantitative estimate of drug-likeness (QED) is 0.887. The lowest BCUT2D eigenvalue weighted by Crippen LogP contribution is -2.38. The Morgan fingerprint density at radius 1 is 1.32 bits per heavy atom. The van der Waals surface area contributed by atoms with Gasteiger partial charge in [-0.25, -0.2) is 0 Å². The zero-order chi connectivity index (χ0) is 16.5. The topological polar surface area (TPSA) is 62.5 Å². The number of aliphatic hydroxyl groups is 1. The summed E-state index contributed by atoms with van der Waals surface area (Å²) < 4.78 is 5.42. The van der Waals surface area contributed by atoms with Crippen LogP contribution in [0.5, 0.6) is 0 Å². The SMILES string of the molecule is Cc1cc(C(C)(O)CNC(=O)c2ccc(Cl)cc2Cl)c(C)o1. The maximum atomic E-state index is 12.2. The third kappa shape index (κ3) is 3.64. The summed E-state index contributed by atoms with van der Waals surface area (Å²) in [7, 11) is 0. The van der Waals surface area contributed by atoms with Gasteiger partial charge in [0.15, 0.2) is 0 Å². The molecule has 0 aliphatic heterocycles. The van der Waals surface area contributed by atoms with E-state index in [4.69, 9.17) is 27.6 Å². The summed E-state index contributed by atoms with van der Waals surface area (Å²) in [5.41, 5.74) is -0.286. The van der Waals surface area contributed by atoms with Crippen molar-refractivity contribution in [3.63, 3.8) is 0 Å². The highest BCUT2D eigenvalue weighted by Crippen LogP contribution is 2.27. The van der Waals surface area contributed by atoms with E-state index in [0.717, 1.165) is 0 Å². The van der Waals surface area contributed by atoms with Gasteiger partial charge in [0, 0.05) is 10.6 Å². The molecule has 1 atom stereocenters. The zero-order valence-electron chi connectivity index (χ0n) is 12.5. The van der Waals surface area contributed by atoms with Crippen LogP contribution < -0.4 is 5.32 Å². The van der Waals surface area contributed by atoms with Crippen LogP contribution in [0.15, 0.2) is 28.7 Å². The van der Waals surface area contributed by atoms with Crippen LogP contribution in [0.1, 0.15) is 34.4 Å². The molecule has 2 aromatic rings. The van der Waals surface area contributed by atoms with Gasteiger partial charge in [0.05, 0.1) is 17.1 Å². The molecule has 22 heavy (non-hydrogen) atoms. The largest absolute Gasteiger partial charge is 0.466 e. The van der Waals surface area contributed by atoms with E-state index in [2.05, 4.69) is 5.32 Å². The minimum Gasteiger partial charge on any atom is -0.466 e. The van der Waals surface area contributed by atoms with Gasteiger partial charge in [-0.15, -0.1) is 0 Å². The molecule has 118 valence electrons. The van der Waals surface area contributed by atoms with E-state index in [1.54, 1.807) is 39.0 Å². The van der Waals surface area contributed by atoms with Crippen molar-refractivity contribution in [3.05, 3.63) is 57.0 Å². The lowest BCUT2D eigenvalue weighted by Gasteiger charge is -2.23.